The molecule has 0 unspecified atom stereocenters. The first-order valence-corrected chi connectivity index (χ1v) is 3.82. The summed E-state index contributed by atoms with van der Waals surface area (Å²) >= 11 is 0. The van der Waals surface area contributed by atoms with Gasteiger partial charge in [0.05, 0.1) is 13.0 Å². The molecule has 1 saturated carbocycles. The van der Waals surface area contributed by atoms with Gasteiger partial charge in [-0.15, -0.1) is 0 Å². The molecular weight excluding hydrogens is 128 g/mol. The number of rotatable bonds is 1. The van der Waals surface area contributed by atoms with Crippen molar-refractivity contribution in [2.45, 2.75) is 26.2 Å². The zero-order valence-electron chi connectivity index (χ0n) is 6.59. The van der Waals surface area contributed by atoms with E-state index in [0.717, 1.165) is 12.8 Å². The van der Waals surface area contributed by atoms with Gasteiger partial charge < -0.3 is 4.74 Å². The maximum Gasteiger partial charge on any atom is 0.308 e. The molecule has 1 aliphatic rings. The number of methoxy groups -OCH3 is 1. The average molecular weight is 142 g/mol. The van der Waals surface area contributed by atoms with Crippen LogP contribution in [0.2, 0.25) is 0 Å². The van der Waals surface area contributed by atoms with Crippen molar-refractivity contribution in [1.82, 2.24) is 0 Å². The summed E-state index contributed by atoms with van der Waals surface area (Å²) in [6.07, 6.45) is 3.22. The van der Waals surface area contributed by atoms with E-state index in [-0.39, 0.29) is 11.9 Å². The molecule has 58 valence electrons. The van der Waals surface area contributed by atoms with Gasteiger partial charge in [-0.3, -0.25) is 4.79 Å². The SMILES string of the molecule is COC(=O)[C@H]1CC[C@H](C)C1. The predicted molar refractivity (Wildman–Crippen MR) is 38.5 cm³/mol. The fraction of sp³-hybridized carbons (Fsp3) is 0.875. The van der Waals surface area contributed by atoms with Crippen molar-refractivity contribution in [3.8, 4) is 0 Å². The van der Waals surface area contributed by atoms with E-state index in [2.05, 4.69) is 11.7 Å². The molecule has 1 aliphatic carbocycles. The molecule has 2 nitrogen and oxygen atoms in total. The van der Waals surface area contributed by atoms with E-state index in [1.807, 2.05) is 0 Å². The molecule has 0 aliphatic heterocycles. The Morgan fingerprint density at radius 2 is 2.20 bits per heavy atom. The lowest BCUT2D eigenvalue weighted by Crippen LogP contribution is -2.12. The number of carbonyl (C=O) groups is 1. The molecule has 0 amide bonds. The van der Waals surface area contributed by atoms with Crippen LogP contribution in [0.15, 0.2) is 0 Å². The quantitative estimate of drug-likeness (QED) is 0.520. The zero-order valence-corrected chi connectivity index (χ0v) is 6.59. The van der Waals surface area contributed by atoms with Crippen molar-refractivity contribution in [2.75, 3.05) is 7.11 Å². The van der Waals surface area contributed by atoms with Crippen molar-refractivity contribution in [3.05, 3.63) is 0 Å². The summed E-state index contributed by atoms with van der Waals surface area (Å²) in [5, 5.41) is 0. The predicted octanol–water partition coefficient (Wildman–Crippen LogP) is 1.60. The first-order valence-electron chi connectivity index (χ1n) is 3.82. The van der Waals surface area contributed by atoms with Crippen molar-refractivity contribution in [1.29, 1.82) is 0 Å². The molecule has 0 aromatic heterocycles. The van der Waals surface area contributed by atoms with Crippen LogP contribution in [0.3, 0.4) is 0 Å². The Balaban J connectivity index is 2.37. The molecule has 0 bridgehead atoms. The Morgan fingerprint density at radius 1 is 1.50 bits per heavy atom. The number of esters is 1. The van der Waals surface area contributed by atoms with Gasteiger partial charge in [0.15, 0.2) is 0 Å². The first-order chi connectivity index (χ1) is 4.74. The van der Waals surface area contributed by atoms with Crippen LogP contribution < -0.4 is 0 Å². The Morgan fingerprint density at radius 3 is 2.60 bits per heavy atom. The number of ether oxygens (including phenoxy) is 1. The second kappa shape index (κ2) is 3.04. The van der Waals surface area contributed by atoms with Crippen LogP contribution in [0.1, 0.15) is 26.2 Å². The molecule has 0 heterocycles. The minimum absolute atomic E-state index is 0.0237. The summed E-state index contributed by atoms with van der Waals surface area (Å²) in [4.78, 5) is 10.9. The second-order valence-electron chi connectivity index (χ2n) is 3.14. The van der Waals surface area contributed by atoms with Gasteiger partial charge in [-0.05, 0) is 25.2 Å². The molecule has 0 aromatic carbocycles. The summed E-state index contributed by atoms with van der Waals surface area (Å²) in [7, 11) is 1.46. The monoisotopic (exact) mass is 142 g/mol. The third kappa shape index (κ3) is 1.49. The van der Waals surface area contributed by atoms with Crippen LogP contribution in [-0.2, 0) is 9.53 Å². The Hall–Kier alpha value is -0.530. The van der Waals surface area contributed by atoms with Crippen LogP contribution in [0.5, 0.6) is 0 Å². The summed E-state index contributed by atoms with van der Waals surface area (Å²) < 4.78 is 4.64. The summed E-state index contributed by atoms with van der Waals surface area (Å²) in [5.74, 6) is 0.883. The number of carbonyl (C=O) groups excluding carboxylic acids is 1. The molecule has 0 aromatic rings. The van der Waals surface area contributed by atoms with Gasteiger partial charge in [0.25, 0.3) is 0 Å². The molecule has 2 heteroatoms. The topological polar surface area (TPSA) is 26.3 Å². The minimum atomic E-state index is -0.0237. The molecule has 2 atom stereocenters. The highest BCUT2D eigenvalue weighted by Gasteiger charge is 2.27. The van der Waals surface area contributed by atoms with Crippen molar-refractivity contribution >= 4 is 5.97 Å². The minimum Gasteiger partial charge on any atom is -0.469 e. The van der Waals surface area contributed by atoms with Crippen molar-refractivity contribution in [3.63, 3.8) is 0 Å². The Bertz CT molecular complexity index is 131. The lowest BCUT2D eigenvalue weighted by molar-refractivity contribution is -0.145. The van der Waals surface area contributed by atoms with E-state index in [4.69, 9.17) is 0 Å². The van der Waals surface area contributed by atoms with Crippen molar-refractivity contribution < 1.29 is 9.53 Å². The van der Waals surface area contributed by atoms with Crippen LogP contribution in [0.25, 0.3) is 0 Å². The molecule has 1 rings (SSSR count). The first kappa shape index (κ1) is 7.58. The largest absolute Gasteiger partial charge is 0.469 e. The molecular formula is C8H14O2. The zero-order chi connectivity index (χ0) is 7.56. The number of hydrogen-bond acceptors (Lipinski definition) is 2. The fourth-order valence-electron chi connectivity index (χ4n) is 1.59. The highest BCUT2D eigenvalue weighted by Crippen LogP contribution is 2.30. The summed E-state index contributed by atoms with van der Waals surface area (Å²) in [6.45, 7) is 2.18. The smallest absolute Gasteiger partial charge is 0.308 e. The Kier molecular flexibility index (Phi) is 2.30. The highest BCUT2D eigenvalue weighted by atomic mass is 16.5. The van der Waals surface area contributed by atoms with E-state index < -0.39 is 0 Å². The van der Waals surface area contributed by atoms with E-state index in [1.54, 1.807) is 0 Å². The summed E-state index contributed by atoms with van der Waals surface area (Å²) in [5.41, 5.74) is 0. The van der Waals surface area contributed by atoms with Gasteiger partial charge in [-0.25, -0.2) is 0 Å². The van der Waals surface area contributed by atoms with Gasteiger partial charge in [0.1, 0.15) is 0 Å². The lowest BCUT2D eigenvalue weighted by Gasteiger charge is -2.04. The van der Waals surface area contributed by atoms with Gasteiger partial charge in [-0.1, -0.05) is 6.92 Å². The second-order valence-corrected chi connectivity index (χ2v) is 3.14. The van der Waals surface area contributed by atoms with Crippen LogP contribution in [0, 0.1) is 11.8 Å². The van der Waals surface area contributed by atoms with Gasteiger partial charge in [0, 0.05) is 0 Å². The molecule has 1 fully saturated rings. The van der Waals surface area contributed by atoms with E-state index in [1.165, 1.54) is 13.5 Å². The molecule has 0 saturated heterocycles. The maximum atomic E-state index is 10.9. The molecule has 10 heavy (non-hydrogen) atoms. The fourth-order valence-corrected chi connectivity index (χ4v) is 1.59. The molecule has 0 radical (unpaired) electrons. The standard InChI is InChI=1S/C8H14O2/c1-6-3-4-7(5-6)8(9)10-2/h6-7H,3-5H2,1-2H3/t6-,7-/m0/s1. The maximum absolute atomic E-state index is 10.9. The third-order valence-corrected chi connectivity index (χ3v) is 2.23. The van der Waals surface area contributed by atoms with Crippen molar-refractivity contribution in [2.24, 2.45) is 11.8 Å². The summed E-state index contributed by atoms with van der Waals surface area (Å²) in [6, 6.07) is 0. The Labute approximate surface area is 61.6 Å². The molecule has 0 spiro atoms. The van der Waals surface area contributed by atoms with Crippen LogP contribution in [0.4, 0.5) is 0 Å². The van der Waals surface area contributed by atoms with Gasteiger partial charge >= 0.3 is 5.97 Å². The van der Waals surface area contributed by atoms with E-state index in [0.29, 0.717) is 5.92 Å². The van der Waals surface area contributed by atoms with Crippen LogP contribution in [-0.4, -0.2) is 13.1 Å². The molecule has 0 N–H and O–H groups in total. The normalized spacial score (nSPS) is 32.2. The van der Waals surface area contributed by atoms with E-state index >= 15 is 0 Å². The average Bonchev–Trinajstić information content (AvgIpc) is 2.34. The highest BCUT2D eigenvalue weighted by molar-refractivity contribution is 5.72. The van der Waals surface area contributed by atoms with Gasteiger partial charge in [0.2, 0.25) is 0 Å². The third-order valence-electron chi connectivity index (χ3n) is 2.23. The van der Waals surface area contributed by atoms with E-state index in [9.17, 15) is 4.79 Å². The van der Waals surface area contributed by atoms with Crippen LogP contribution >= 0.6 is 0 Å². The number of hydrogen-bond donors (Lipinski definition) is 0. The van der Waals surface area contributed by atoms with Gasteiger partial charge in [-0.2, -0.15) is 0 Å². The lowest BCUT2D eigenvalue weighted by atomic mass is 10.1.